The Hall–Kier alpha value is -1.61. The molecule has 0 saturated heterocycles. The molecule has 0 radical (unpaired) electrons. The van der Waals surface area contributed by atoms with Crippen molar-refractivity contribution >= 4 is 23.6 Å². The molecule has 0 aliphatic heterocycles. The summed E-state index contributed by atoms with van der Waals surface area (Å²) in [4.78, 5) is 22.3. The highest BCUT2D eigenvalue weighted by Crippen LogP contribution is 2.17. The molecule has 0 atom stereocenters. The minimum atomic E-state index is -0.963. The molecule has 3 N–H and O–H groups in total. The molecule has 1 aromatic rings. The van der Waals surface area contributed by atoms with Crippen LogP contribution in [0.5, 0.6) is 0 Å². The fourth-order valence-corrected chi connectivity index (χ4v) is 2.22. The molecule has 0 aliphatic rings. The Balaban J connectivity index is 2.61. The van der Waals surface area contributed by atoms with Crippen LogP contribution in [0.1, 0.15) is 26.1 Å². The van der Waals surface area contributed by atoms with E-state index in [9.17, 15) is 14.7 Å². The molecule has 118 valence electrons. The molecule has 21 heavy (non-hydrogen) atoms. The maximum Gasteiger partial charge on any atom is 0.313 e. The van der Waals surface area contributed by atoms with Gasteiger partial charge in [-0.1, -0.05) is 25.6 Å². The minimum absolute atomic E-state index is 0.101. The fraction of sp³-hybridized carbons (Fsp3) is 0.667. The maximum absolute atomic E-state index is 11.7. The van der Waals surface area contributed by atoms with Crippen molar-refractivity contribution in [3.05, 3.63) is 5.82 Å². The highest BCUT2D eigenvalue weighted by atomic mass is 32.2. The third-order valence-electron chi connectivity index (χ3n) is 2.53. The monoisotopic (exact) mass is 316 g/mol. The molecule has 1 amide bonds. The number of rotatable bonds is 9. The summed E-state index contributed by atoms with van der Waals surface area (Å²) in [6.45, 7) is 4.60. The van der Waals surface area contributed by atoms with Crippen LogP contribution < -0.4 is 5.32 Å². The van der Waals surface area contributed by atoms with Gasteiger partial charge in [-0.2, -0.15) is 0 Å². The molecule has 0 spiro atoms. The van der Waals surface area contributed by atoms with Crippen molar-refractivity contribution in [3.63, 3.8) is 0 Å². The molecule has 0 fully saturated rings. The van der Waals surface area contributed by atoms with E-state index in [1.165, 1.54) is 0 Å². The molecule has 0 aliphatic carbocycles. The fourth-order valence-electron chi connectivity index (χ4n) is 1.51. The largest absolute Gasteiger partial charge is 0.481 e. The van der Waals surface area contributed by atoms with Gasteiger partial charge in [0.2, 0.25) is 5.91 Å². The smallest absolute Gasteiger partial charge is 0.313 e. The Morgan fingerprint density at radius 1 is 1.38 bits per heavy atom. The number of aliphatic hydroxyl groups excluding tert-OH is 1. The predicted molar refractivity (Wildman–Crippen MR) is 76.8 cm³/mol. The Kier molecular flexibility index (Phi) is 7.17. The normalized spacial score (nSPS) is 10.9. The average molecular weight is 316 g/mol. The van der Waals surface area contributed by atoms with Gasteiger partial charge in [0.25, 0.3) is 0 Å². The van der Waals surface area contributed by atoms with E-state index in [1.807, 2.05) is 13.8 Å². The summed E-state index contributed by atoms with van der Waals surface area (Å²) in [6, 6.07) is 0. The standard InChI is InChI=1S/C12H20N4O4S/c1-8(2)5-13-10(18)3-4-16-9(6-17)14-15-12(16)21-7-11(19)20/h8,17H,3-7H2,1-2H3,(H,13,18)(H,19,20). The van der Waals surface area contributed by atoms with E-state index >= 15 is 0 Å². The molecule has 0 saturated carbocycles. The van der Waals surface area contributed by atoms with Crippen LogP contribution in [-0.2, 0) is 22.7 Å². The number of hydrogen-bond donors (Lipinski definition) is 3. The highest BCUT2D eigenvalue weighted by Gasteiger charge is 2.14. The van der Waals surface area contributed by atoms with Crippen molar-refractivity contribution in [2.75, 3.05) is 12.3 Å². The maximum atomic E-state index is 11.7. The van der Waals surface area contributed by atoms with Crippen LogP contribution in [0.3, 0.4) is 0 Å². The second kappa shape index (κ2) is 8.63. The molecule has 9 heteroatoms. The van der Waals surface area contributed by atoms with E-state index in [1.54, 1.807) is 4.57 Å². The number of carboxylic acid groups (broad SMARTS) is 1. The predicted octanol–water partition coefficient (Wildman–Crippen LogP) is 0.109. The van der Waals surface area contributed by atoms with Gasteiger partial charge in [-0.05, 0) is 5.92 Å². The zero-order valence-electron chi connectivity index (χ0n) is 12.1. The van der Waals surface area contributed by atoms with Crippen molar-refractivity contribution in [3.8, 4) is 0 Å². The Bertz CT molecular complexity index is 490. The van der Waals surface area contributed by atoms with Crippen LogP contribution in [-0.4, -0.2) is 49.2 Å². The quantitative estimate of drug-likeness (QED) is 0.553. The second-order valence-electron chi connectivity index (χ2n) is 4.84. The zero-order valence-corrected chi connectivity index (χ0v) is 12.9. The number of carboxylic acids is 1. The lowest BCUT2D eigenvalue weighted by Crippen LogP contribution is -2.28. The molecule has 0 bridgehead atoms. The number of thioether (sulfide) groups is 1. The van der Waals surface area contributed by atoms with Gasteiger partial charge in [0.15, 0.2) is 11.0 Å². The van der Waals surface area contributed by atoms with E-state index in [2.05, 4.69) is 15.5 Å². The van der Waals surface area contributed by atoms with E-state index in [0.717, 1.165) is 11.8 Å². The average Bonchev–Trinajstić information content (AvgIpc) is 2.82. The van der Waals surface area contributed by atoms with Crippen LogP contribution in [0.2, 0.25) is 0 Å². The van der Waals surface area contributed by atoms with Crippen LogP contribution in [0.4, 0.5) is 0 Å². The number of hydrogen-bond acceptors (Lipinski definition) is 6. The Labute approximate surface area is 126 Å². The van der Waals surface area contributed by atoms with Crippen molar-refractivity contribution in [2.24, 2.45) is 5.92 Å². The summed E-state index contributed by atoms with van der Waals surface area (Å²) in [5.74, 6) is -0.522. The van der Waals surface area contributed by atoms with Gasteiger partial charge < -0.3 is 20.1 Å². The second-order valence-corrected chi connectivity index (χ2v) is 5.78. The van der Waals surface area contributed by atoms with Crippen LogP contribution >= 0.6 is 11.8 Å². The topological polar surface area (TPSA) is 117 Å². The number of carbonyl (C=O) groups excluding carboxylic acids is 1. The van der Waals surface area contributed by atoms with E-state index < -0.39 is 5.97 Å². The molecule has 1 heterocycles. The SMILES string of the molecule is CC(C)CNC(=O)CCn1c(CO)nnc1SCC(=O)O. The van der Waals surface area contributed by atoms with Crippen LogP contribution in [0, 0.1) is 5.92 Å². The Morgan fingerprint density at radius 3 is 2.67 bits per heavy atom. The van der Waals surface area contributed by atoms with Gasteiger partial charge in [0.05, 0.1) is 5.75 Å². The molecule has 0 unspecified atom stereocenters. The summed E-state index contributed by atoms with van der Waals surface area (Å²) in [6.07, 6.45) is 0.221. The first kappa shape index (κ1) is 17.4. The Morgan fingerprint density at radius 2 is 2.10 bits per heavy atom. The highest BCUT2D eigenvalue weighted by molar-refractivity contribution is 7.99. The number of aliphatic hydroxyl groups is 1. The summed E-state index contributed by atoms with van der Waals surface area (Å²) in [5.41, 5.74) is 0. The molecule has 8 nitrogen and oxygen atoms in total. The first-order chi connectivity index (χ1) is 9.93. The number of carbonyl (C=O) groups is 2. The van der Waals surface area contributed by atoms with Crippen molar-refractivity contribution in [1.82, 2.24) is 20.1 Å². The first-order valence-corrected chi connectivity index (χ1v) is 7.56. The third-order valence-corrected chi connectivity index (χ3v) is 3.48. The minimum Gasteiger partial charge on any atom is -0.481 e. The first-order valence-electron chi connectivity index (χ1n) is 6.58. The van der Waals surface area contributed by atoms with Crippen molar-refractivity contribution in [1.29, 1.82) is 0 Å². The molecule has 1 aromatic heterocycles. The van der Waals surface area contributed by atoms with E-state index in [4.69, 9.17) is 5.11 Å². The van der Waals surface area contributed by atoms with E-state index in [0.29, 0.717) is 30.0 Å². The zero-order chi connectivity index (χ0) is 15.8. The molecular weight excluding hydrogens is 296 g/mol. The summed E-state index contributed by atoms with van der Waals surface area (Å²) >= 11 is 1.01. The van der Waals surface area contributed by atoms with E-state index in [-0.39, 0.29) is 24.7 Å². The summed E-state index contributed by atoms with van der Waals surface area (Å²) in [7, 11) is 0. The van der Waals surface area contributed by atoms with Gasteiger partial charge in [0.1, 0.15) is 6.61 Å². The van der Waals surface area contributed by atoms with Gasteiger partial charge in [-0.3, -0.25) is 9.59 Å². The number of aliphatic carboxylic acids is 1. The van der Waals surface area contributed by atoms with Gasteiger partial charge in [-0.15, -0.1) is 10.2 Å². The van der Waals surface area contributed by atoms with Gasteiger partial charge in [-0.25, -0.2) is 0 Å². The van der Waals surface area contributed by atoms with Crippen LogP contribution in [0.25, 0.3) is 0 Å². The van der Waals surface area contributed by atoms with Crippen molar-refractivity contribution < 1.29 is 19.8 Å². The molecule has 1 rings (SSSR count). The number of nitrogens with one attached hydrogen (secondary N) is 1. The molecular formula is C12H20N4O4S. The number of nitrogens with zero attached hydrogens (tertiary/aromatic N) is 3. The number of aromatic nitrogens is 3. The molecule has 0 aromatic carbocycles. The third kappa shape index (κ3) is 6.13. The number of amides is 1. The van der Waals surface area contributed by atoms with Crippen LogP contribution in [0.15, 0.2) is 5.16 Å². The van der Waals surface area contributed by atoms with Gasteiger partial charge in [0, 0.05) is 19.5 Å². The summed E-state index contributed by atoms with van der Waals surface area (Å²) < 4.78 is 1.57. The summed E-state index contributed by atoms with van der Waals surface area (Å²) in [5, 5.41) is 28.7. The lowest BCUT2D eigenvalue weighted by molar-refractivity contribution is -0.134. The lowest BCUT2D eigenvalue weighted by atomic mass is 10.2. The van der Waals surface area contributed by atoms with Gasteiger partial charge >= 0.3 is 5.97 Å². The lowest BCUT2D eigenvalue weighted by Gasteiger charge is -2.10. The van der Waals surface area contributed by atoms with Crippen molar-refractivity contribution in [2.45, 2.75) is 38.6 Å².